The Bertz CT molecular complexity index is 3000. The standard InChI is InChI=1S/C21H26N2O3.C20H25N3O2.C12H18N2O/c1-20(2)15-10-11-21(20,3)17-16(15)18(24)23(22(17)4)12-13-6-8-14(9-7-13)19(25)26-5;1-19(2)14-9-10-20(19,3)16-15(14)18(25)23(22(16)4)11-12-5-7-13(8-6-12)17(21)24;1-11(2)7-5-6-12(11,3)9-8(7)10(15)13-14(9)4/h6-9,15H,10-12H2,1-5H3;5-8,14H,9-11H2,1-4H3,(H2,21,24);7H,5-6H2,1-4H3,(H,13,15)/t15-,21+;14-,20+;7-,12+/m111/s1. The third-order valence-corrected chi connectivity index (χ3v) is 19.5. The molecule has 3 fully saturated rings. The van der Waals surface area contributed by atoms with Gasteiger partial charge < -0.3 is 10.5 Å². The number of methoxy groups -OCH3 is 1. The second-order valence-corrected chi connectivity index (χ2v) is 22.7. The molecular weight excluding hydrogens is 831 g/mol. The first-order valence-corrected chi connectivity index (χ1v) is 23.8. The number of fused-ring (bicyclic) bond motifs is 15. The van der Waals surface area contributed by atoms with Crippen molar-refractivity contribution in [3.63, 3.8) is 0 Å². The number of aromatic amines is 1. The van der Waals surface area contributed by atoms with E-state index in [-0.39, 0.29) is 55.1 Å². The first kappa shape index (κ1) is 45.6. The minimum atomic E-state index is -0.437. The van der Waals surface area contributed by atoms with Crippen molar-refractivity contribution in [2.24, 2.45) is 43.1 Å². The summed E-state index contributed by atoms with van der Waals surface area (Å²) < 4.78 is 14.5. The molecule has 2 aromatic carbocycles. The number of aromatic nitrogens is 6. The summed E-state index contributed by atoms with van der Waals surface area (Å²) >= 11 is 0. The Morgan fingerprint density at radius 1 is 0.591 bits per heavy atom. The highest BCUT2D eigenvalue weighted by Gasteiger charge is 2.64. The molecular formula is C53H69N7O6. The first-order valence-electron chi connectivity index (χ1n) is 23.8. The summed E-state index contributed by atoms with van der Waals surface area (Å²) in [4.78, 5) is 61.0. The van der Waals surface area contributed by atoms with Crippen LogP contribution in [0.3, 0.4) is 0 Å². The number of nitrogens with zero attached hydrogens (tertiary/aromatic N) is 5. The van der Waals surface area contributed by atoms with Crippen LogP contribution in [0.4, 0.5) is 0 Å². The zero-order valence-electron chi connectivity index (χ0n) is 41.3. The van der Waals surface area contributed by atoms with E-state index in [9.17, 15) is 24.0 Å². The highest BCUT2D eigenvalue weighted by atomic mass is 16.5. The summed E-state index contributed by atoms with van der Waals surface area (Å²) in [5.41, 5.74) is 16.3. The SMILES string of the molecule is COC(=O)c1ccc(Cn2c(=O)c3c(n2C)[C@]2(C)CC[C@H]3C2(C)C)cc1.Cn1[nH]c(=O)c2c1[C@]1(C)CC[C@H]2C1(C)C.Cn1c2c(c(=O)n1Cc1ccc(C(N)=O)cc1)[C@H]1CC[C@]2(C)C1(C)C. The summed E-state index contributed by atoms with van der Waals surface area (Å²) in [5.74, 6) is 0.378. The van der Waals surface area contributed by atoms with E-state index in [1.54, 1.807) is 24.3 Å². The van der Waals surface area contributed by atoms with Crippen LogP contribution in [0.15, 0.2) is 62.9 Å². The molecule has 6 aliphatic rings. The molecule has 3 heterocycles. The van der Waals surface area contributed by atoms with Crippen LogP contribution in [0.25, 0.3) is 0 Å². The van der Waals surface area contributed by atoms with Gasteiger partial charge in [0.05, 0.1) is 37.2 Å². The average Bonchev–Trinajstić information content (AvgIpc) is 4.09. The van der Waals surface area contributed by atoms with Crippen molar-refractivity contribution in [2.75, 3.05) is 7.11 Å². The fourth-order valence-corrected chi connectivity index (χ4v) is 14.5. The van der Waals surface area contributed by atoms with Gasteiger partial charge in [-0.25, -0.2) is 14.2 Å². The number of primary amides is 1. The Morgan fingerprint density at radius 3 is 1.30 bits per heavy atom. The molecule has 3 N–H and O–H groups in total. The highest BCUT2D eigenvalue weighted by Crippen LogP contribution is 2.69. The largest absolute Gasteiger partial charge is 0.465 e. The molecule has 13 heteroatoms. The Balaban J connectivity index is 0.000000129. The van der Waals surface area contributed by atoms with Crippen molar-refractivity contribution >= 4 is 11.9 Å². The predicted molar refractivity (Wildman–Crippen MR) is 256 cm³/mol. The molecule has 3 saturated carbocycles. The van der Waals surface area contributed by atoms with Crippen LogP contribution in [-0.4, -0.2) is 47.5 Å². The normalized spacial score (nSPS) is 28.0. The molecule has 13 nitrogen and oxygen atoms in total. The predicted octanol–water partition coefficient (Wildman–Crippen LogP) is 7.59. The molecule has 66 heavy (non-hydrogen) atoms. The summed E-state index contributed by atoms with van der Waals surface area (Å²) in [6.45, 7) is 21.8. The van der Waals surface area contributed by atoms with E-state index in [2.05, 4.69) is 76.8 Å². The number of rotatable bonds is 6. The fourth-order valence-electron chi connectivity index (χ4n) is 14.5. The molecule has 3 aromatic heterocycles. The zero-order valence-corrected chi connectivity index (χ0v) is 41.3. The number of aryl methyl sites for hydroxylation is 1. The Labute approximate surface area is 387 Å². The van der Waals surface area contributed by atoms with Gasteiger partial charge in [0.25, 0.3) is 16.7 Å². The number of H-pyrrole nitrogens is 1. The lowest BCUT2D eigenvalue weighted by atomic mass is 9.70. The van der Waals surface area contributed by atoms with Crippen molar-refractivity contribution < 1.29 is 14.3 Å². The van der Waals surface area contributed by atoms with Crippen LogP contribution in [0.1, 0.15) is 184 Å². The van der Waals surface area contributed by atoms with Crippen molar-refractivity contribution in [3.05, 3.63) is 136 Å². The number of amides is 1. The van der Waals surface area contributed by atoms with Crippen LogP contribution in [0.2, 0.25) is 0 Å². The maximum absolute atomic E-state index is 13.2. The van der Waals surface area contributed by atoms with Crippen LogP contribution in [-0.2, 0) is 55.2 Å². The molecule has 0 saturated heterocycles. The summed E-state index contributed by atoms with van der Waals surface area (Å²) in [5, 5.41) is 2.90. The number of esters is 1. The van der Waals surface area contributed by atoms with E-state index < -0.39 is 5.91 Å². The van der Waals surface area contributed by atoms with Gasteiger partial charge in [-0.2, -0.15) is 0 Å². The molecule has 0 unspecified atom stereocenters. The second kappa shape index (κ2) is 14.7. The van der Waals surface area contributed by atoms with Crippen LogP contribution >= 0.6 is 0 Å². The number of hydrogen-bond acceptors (Lipinski definition) is 6. The Morgan fingerprint density at radius 2 is 0.955 bits per heavy atom. The molecule has 352 valence electrons. The van der Waals surface area contributed by atoms with Crippen molar-refractivity contribution in [3.8, 4) is 0 Å². The summed E-state index contributed by atoms with van der Waals surface area (Å²) in [7, 11) is 7.34. The minimum Gasteiger partial charge on any atom is -0.465 e. The number of nitrogens with one attached hydrogen (secondary N) is 1. The van der Waals surface area contributed by atoms with E-state index in [0.29, 0.717) is 42.0 Å². The van der Waals surface area contributed by atoms with Crippen LogP contribution < -0.4 is 22.4 Å². The molecule has 0 spiro atoms. The van der Waals surface area contributed by atoms with Crippen LogP contribution in [0, 0.1) is 16.2 Å². The van der Waals surface area contributed by atoms with Gasteiger partial charge >= 0.3 is 5.97 Å². The molecule has 1 amide bonds. The lowest BCUT2D eigenvalue weighted by Gasteiger charge is -2.36. The molecule has 6 bridgehead atoms. The molecule has 11 rings (SSSR count). The molecule has 6 atom stereocenters. The van der Waals surface area contributed by atoms with E-state index in [1.807, 2.05) is 59.5 Å². The van der Waals surface area contributed by atoms with Crippen molar-refractivity contribution in [1.82, 2.24) is 28.5 Å². The number of carbonyl (C=O) groups excluding carboxylic acids is 2. The van der Waals surface area contributed by atoms with Gasteiger partial charge in [0, 0.05) is 65.3 Å². The maximum atomic E-state index is 13.2. The molecule has 5 aromatic rings. The van der Waals surface area contributed by atoms with E-state index in [1.165, 1.54) is 37.0 Å². The van der Waals surface area contributed by atoms with E-state index in [0.717, 1.165) is 53.5 Å². The molecule has 6 aliphatic carbocycles. The summed E-state index contributed by atoms with van der Waals surface area (Å²) in [6.07, 6.45) is 6.87. The van der Waals surface area contributed by atoms with Crippen molar-refractivity contribution in [1.29, 1.82) is 0 Å². The lowest BCUT2D eigenvalue weighted by molar-refractivity contribution is 0.0600. The van der Waals surface area contributed by atoms with Gasteiger partial charge in [0.2, 0.25) is 5.91 Å². The monoisotopic (exact) mass is 900 g/mol. The van der Waals surface area contributed by atoms with Gasteiger partial charge in [0.15, 0.2) is 0 Å². The van der Waals surface area contributed by atoms with Gasteiger partial charge in [-0.3, -0.25) is 38.3 Å². The smallest absolute Gasteiger partial charge is 0.337 e. The van der Waals surface area contributed by atoms with Gasteiger partial charge in [-0.05, 0) is 108 Å². The maximum Gasteiger partial charge on any atom is 0.337 e. The highest BCUT2D eigenvalue weighted by molar-refractivity contribution is 5.92. The van der Waals surface area contributed by atoms with Crippen molar-refractivity contribution in [2.45, 2.75) is 148 Å². The average molecular weight is 900 g/mol. The number of nitrogens with two attached hydrogens (primary N) is 1. The third-order valence-electron chi connectivity index (χ3n) is 19.5. The Hall–Kier alpha value is -5.59. The second-order valence-electron chi connectivity index (χ2n) is 22.7. The topological polar surface area (TPSA) is 161 Å². The van der Waals surface area contributed by atoms with E-state index in [4.69, 9.17) is 10.5 Å². The number of carbonyl (C=O) groups is 2. The quantitative estimate of drug-likeness (QED) is 0.167. The van der Waals surface area contributed by atoms with Gasteiger partial charge in [-0.1, -0.05) is 86.6 Å². The van der Waals surface area contributed by atoms with E-state index >= 15 is 0 Å². The lowest BCUT2D eigenvalue weighted by Crippen LogP contribution is -2.35. The minimum absolute atomic E-state index is 0.0564. The number of benzene rings is 2. The summed E-state index contributed by atoms with van der Waals surface area (Å²) in [6, 6.07) is 14.4. The van der Waals surface area contributed by atoms with Crippen LogP contribution in [0.5, 0.6) is 0 Å². The van der Waals surface area contributed by atoms with Gasteiger partial charge in [-0.15, -0.1) is 0 Å². The van der Waals surface area contributed by atoms with Gasteiger partial charge in [0.1, 0.15) is 0 Å². The Kier molecular flexibility index (Phi) is 10.2. The molecule has 0 aliphatic heterocycles. The first-order chi connectivity index (χ1) is 30.8. The number of ether oxygens (including phenoxy) is 1. The molecule has 0 radical (unpaired) electrons. The zero-order chi connectivity index (χ0) is 48.0. The fraction of sp³-hybridized carbons (Fsp3) is 0.566. The third kappa shape index (κ3) is 5.85. The number of hydrogen-bond donors (Lipinski definition) is 2.